The van der Waals surface area contributed by atoms with E-state index in [1.807, 2.05) is 67.6 Å². The Morgan fingerprint density at radius 1 is 0.941 bits per heavy atom. The number of benzene rings is 3. The molecule has 1 fully saturated rings. The lowest BCUT2D eigenvalue weighted by molar-refractivity contribution is -0.117. The number of anilines is 1. The molecule has 2 heterocycles. The van der Waals surface area contributed by atoms with Gasteiger partial charge < -0.3 is 14.4 Å². The van der Waals surface area contributed by atoms with Gasteiger partial charge in [-0.25, -0.2) is 0 Å². The average molecular weight is 455 g/mol. The van der Waals surface area contributed by atoms with E-state index in [1.54, 1.807) is 28.0 Å². The van der Waals surface area contributed by atoms with E-state index in [4.69, 9.17) is 9.47 Å². The average Bonchev–Trinajstić information content (AvgIpc) is 2.88. The molecule has 0 radical (unpaired) electrons. The Kier molecular flexibility index (Phi) is 6.14. The Labute approximate surface area is 199 Å². The van der Waals surface area contributed by atoms with Crippen molar-refractivity contribution in [2.45, 2.75) is 13.5 Å². The highest BCUT2D eigenvalue weighted by molar-refractivity contribution is 6.09. The summed E-state index contributed by atoms with van der Waals surface area (Å²) in [6.07, 6.45) is 1.73. The van der Waals surface area contributed by atoms with Crippen LogP contribution in [0.25, 0.3) is 6.08 Å². The minimum Gasteiger partial charge on any atom is -0.449 e. The molecule has 5 rings (SSSR count). The number of amides is 2. The van der Waals surface area contributed by atoms with Crippen LogP contribution in [0.5, 0.6) is 5.75 Å². The lowest BCUT2D eigenvalue weighted by Gasteiger charge is -2.30. The van der Waals surface area contributed by atoms with E-state index in [2.05, 4.69) is 0 Å². The van der Waals surface area contributed by atoms with Gasteiger partial charge in [0.2, 0.25) is 0 Å². The summed E-state index contributed by atoms with van der Waals surface area (Å²) in [7, 11) is 0. The maximum atomic E-state index is 13.4. The SMILES string of the molecule is Cc1ccc(CN2C(=O)/C(=C\c3ccc(C(=O)N4CCOCC4)cc3)Oc3ccccc32)cc1. The molecule has 6 nitrogen and oxygen atoms in total. The largest absolute Gasteiger partial charge is 0.449 e. The van der Waals surface area contributed by atoms with Gasteiger partial charge in [-0.3, -0.25) is 14.5 Å². The molecule has 0 aromatic heterocycles. The van der Waals surface area contributed by atoms with Crippen LogP contribution in [0.1, 0.15) is 27.0 Å². The fourth-order valence-electron chi connectivity index (χ4n) is 4.12. The number of nitrogens with zero attached hydrogens (tertiary/aromatic N) is 2. The number of hydrogen-bond acceptors (Lipinski definition) is 4. The summed E-state index contributed by atoms with van der Waals surface area (Å²) in [5.41, 5.74) is 4.37. The van der Waals surface area contributed by atoms with Gasteiger partial charge in [0.15, 0.2) is 11.5 Å². The van der Waals surface area contributed by atoms with Crippen molar-refractivity contribution in [3.63, 3.8) is 0 Å². The third-order valence-electron chi connectivity index (χ3n) is 6.05. The van der Waals surface area contributed by atoms with E-state index in [1.165, 1.54) is 5.56 Å². The number of carbonyl (C=O) groups is 2. The topological polar surface area (TPSA) is 59.1 Å². The van der Waals surface area contributed by atoms with E-state index in [0.717, 1.165) is 16.8 Å². The number of aryl methyl sites for hydroxylation is 1. The van der Waals surface area contributed by atoms with Crippen molar-refractivity contribution in [2.75, 3.05) is 31.2 Å². The predicted molar refractivity (Wildman–Crippen MR) is 131 cm³/mol. The minimum atomic E-state index is -0.201. The zero-order valence-corrected chi connectivity index (χ0v) is 19.1. The van der Waals surface area contributed by atoms with Crippen LogP contribution in [-0.2, 0) is 16.1 Å². The Balaban J connectivity index is 1.39. The highest BCUT2D eigenvalue weighted by atomic mass is 16.5. The molecule has 0 bridgehead atoms. The standard InChI is InChI=1S/C28H26N2O4/c1-20-6-8-22(9-7-20)19-30-24-4-2-3-5-25(24)34-26(28(30)32)18-21-10-12-23(13-11-21)27(31)29-14-16-33-17-15-29/h2-13,18H,14-17,19H2,1H3/b26-18+. The first-order chi connectivity index (χ1) is 16.6. The number of hydrogen-bond donors (Lipinski definition) is 0. The van der Waals surface area contributed by atoms with Crippen LogP contribution in [0.4, 0.5) is 5.69 Å². The first kappa shape index (κ1) is 21.9. The molecular weight excluding hydrogens is 428 g/mol. The number of para-hydroxylation sites is 2. The lowest BCUT2D eigenvalue weighted by atomic mass is 10.1. The molecule has 6 heteroatoms. The zero-order chi connectivity index (χ0) is 23.5. The minimum absolute atomic E-state index is 0.00861. The molecule has 34 heavy (non-hydrogen) atoms. The molecule has 1 saturated heterocycles. The molecule has 172 valence electrons. The molecular formula is C28H26N2O4. The highest BCUT2D eigenvalue weighted by Crippen LogP contribution is 2.36. The molecule has 2 aliphatic heterocycles. The monoisotopic (exact) mass is 454 g/mol. The van der Waals surface area contributed by atoms with E-state index in [9.17, 15) is 9.59 Å². The van der Waals surface area contributed by atoms with Crippen LogP contribution in [0.2, 0.25) is 0 Å². The van der Waals surface area contributed by atoms with Gasteiger partial charge in [0, 0.05) is 18.7 Å². The Morgan fingerprint density at radius 3 is 2.38 bits per heavy atom. The van der Waals surface area contributed by atoms with Crippen molar-refractivity contribution in [3.8, 4) is 5.75 Å². The summed E-state index contributed by atoms with van der Waals surface area (Å²) in [5.74, 6) is 0.677. The molecule has 0 spiro atoms. The molecule has 3 aromatic carbocycles. The normalized spacial score (nSPS) is 16.9. The van der Waals surface area contributed by atoms with Crippen LogP contribution in [0.3, 0.4) is 0 Å². The fraction of sp³-hybridized carbons (Fsp3) is 0.214. The molecule has 0 aliphatic carbocycles. The van der Waals surface area contributed by atoms with Crippen LogP contribution in [0.15, 0.2) is 78.6 Å². The van der Waals surface area contributed by atoms with Crippen molar-refractivity contribution < 1.29 is 19.1 Å². The van der Waals surface area contributed by atoms with Crippen molar-refractivity contribution in [1.29, 1.82) is 0 Å². The number of ether oxygens (including phenoxy) is 2. The first-order valence-electron chi connectivity index (χ1n) is 11.4. The van der Waals surface area contributed by atoms with Gasteiger partial charge in [-0.2, -0.15) is 0 Å². The summed E-state index contributed by atoms with van der Waals surface area (Å²) in [5, 5.41) is 0. The second-order valence-electron chi connectivity index (χ2n) is 8.48. The van der Waals surface area contributed by atoms with Gasteiger partial charge in [0.05, 0.1) is 25.4 Å². The number of morpholine rings is 1. The lowest BCUT2D eigenvalue weighted by Crippen LogP contribution is -2.40. The number of rotatable bonds is 4. The number of carbonyl (C=O) groups excluding carboxylic acids is 2. The smallest absolute Gasteiger partial charge is 0.294 e. The fourth-order valence-corrected chi connectivity index (χ4v) is 4.12. The second-order valence-corrected chi connectivity index (χ2v) is 8.48. The Bertz CT molecular complexity index is 1230. The molecule has 0 N–H and O–H groups in total. The molecule has 3 aromatic rings. The molecule has 0 unspecified atom stereocenters. The van der Waals surface area contributed by atoms with Gasteiger partial charge in [0.25, 0.3) is 11.8 Å². The third-order valence-corrected chi connectivity index (χ3v) is 6.05. The molecule has 2 aliphatic rings. The van der Waals surface area contributed by atoms with Crippen LogP contribution >= 0.6 is 0 Å². The van der Waals surface area contributed by atoms with Crippen molar-refractivity contribution in [1.82, 2.24) is 4.90 Å². The van der Waals surface area contributed by atoms with Gasteiger partial charge >= 0.3 is 0 Å². The summed E-state index contributed by atoms with van der Waals surface area (Å²) in [6.45, 7) is 4.82. The van der Waals surface area contributed by atoms with Gasteiger partial charge in [-0.1, -0.05) is 54.1 Å². The van der Waals surface area contributed by atoms with Gasteiger partial charge in [0.1, 0.15) is 0 Å². The van der Waals surface area contributed by atoms with Crippen LogP contribution in [-0.4, -0.2) is 43.0 Å². The maximum Gasteiger partial charge on any atom is 0.294 e. The molecule has 0 saturated carbocycles. The summed E-state index contributed by atoms with van der Waals surface area (Å²) < 4.78 is 11.3. The second kappa shape index (κ2) is 9.53. The predicted octanol–water partition coefficient (Wildman–Crippen LogP) is 4.43. The van der Waals surface area contributed by atoms with Crippen LogP contribution < -0.4 is 9.64 Å². The van der Waals surface area contributed by atoms with E-state index < -0.39 is 0 Å². The Morgan fingerprint density at radius 2 is 1.65 bits per heavy atom. The summed E-state index contributed by atoms with van der Waals surface area (Å²) in [6, 6.07) is 23.0. The third kappa shape index (κ3) is 4.58. The van der Waals surface area contributed by atoms with Crippen molar-refractivity contribution in [2.24, 2.45) is 0 Å². The zero-order valence-electron chi connectivity index (χ0n) is 19.1. The summed E-state index contributed by atoms with van der Waals surface area (Å²) >= 11 is 0. The summed E-state index contributed by atoms with van der Waals surface area (Å²) in [4.78, 5) is 29.6. The van der Waals surface area contributed by atoms with E-state index in [-0.39, 0.29) is 17.6 Å². The van der Waals surface area contributed by atoms with Crippen LogP contribution in [0, 0.1) is 6.92 Å². The molecule has 0 atom stereocenters. The van der Waals surface area contributed by atoms with Gasteiger partial charge in [-0.05, 0) is 48.4 Å². The van der Waals surface area contributed by atoms with Gasteiger partial charge in [-0.15, -0.1) is 0 Å². The Hall–Kier alpha value is -3.90. The first-order valence-corrected chi connectivity index (χ1v) is 11.4. The quantitative estimate of drug-likeness (QED) is 0.547. The van der Waals surface area contributed by atoms with E-state index in [0.29, 0.717) is 44.2 Å². The van der Waals surface area contributed by atoms with Crippen molar-refractivity contribution >= 4 is 23.6 Å². The molecule has 2 amide bonds. The number of fused-ring (bicyclic) bond motifs is 1. The van der Waals surface area contributed by atoms with Crippen molar-refractivity contribution in [3.05, 3.63) is 101 Å². The van der Waals surface area contributed by atoms with E-state index >= 15 is 0 Å². The maximum absolute atomic E-state index is 13.4. The highest BCUT2D eigenvalue weighted by Gasteiger charge is 2.30.